The van der Waals surface area contributed by atoms with Crippen LogP contribution in [-0.2, 0) is 69.2 Å². The number of hydrogen-bond donors (Lipinski definition) is 12. The van der Waals surface area contributed by atoms with Gasteiger partial charge >= 0.3 is 18.2 Å². The molecule has 4 fully saturated rings. The SMILES string of the molecule is C=C1C[C@H]2C(O)N(C(=O)OCc3ccc(OC4O[C@H](C(=O)O)[C@@H](O)[C@H](O)[C@H]4O)c(C(=O)CCCON)c3)c3cc(OCc4cc(COc5cc6c(cc5OC)C(=O)N5CC(=C)C[C@H]5C(O)N6C(=O)OCc5ccc(O[C@@H]6OC[C@@H](O)[C@H](O)[C@H]6O)c(C(=O)CCCOC)c5)cc(OCCOCCOCCCC(=N)N)c4)c(C)cc3C(=O)N2C1. The number of aryl methyl sites for hydroxylation is 1. The number of nitrogens with one attached hydrogen (secondary N) is 1. The van der Waals surface area contributed by atoms with Gasteiger partial charge < -0.3 is 128 Å². The summed E-state index contributed by atoms with van der Waals surface area (Å²) in [5.74, 6) is 1.61. The summed E-state index contributed by atoms with van der Waals surface area (Å²) >= 11 is 0. The van der Waals surface area contributed by atoms with Crippen LogP contribution in [0.3, 0.4) is 0 Å². The fourth-order valence-electron chi connectivity index (χ4n) is 14.2. The molecule has 14 N–H and O–H groups in total. The molecular weight excluding hydrogens is 1540 g/mol. The van der Waals surface area contributed by atoms with E-state index in [4.69, 9.17) is 78.6 Å². The maximum absolute atomic E-state index is 14.8. The molecule has 37 heteroatoms. The van der Waals surface area contributed by atoms with Gasteiger partial charge in [0.25, 0.3) is 11.8 Å². The van der Waals surface area contributed by atoms with Crippen LogP contribution >= 0.6 is 0 Å². The lowest BCUT2D eigenvalue weighted by atomic mass is 9.98. The summed E-state index contributed by atoms with van der Waals surface area (Å²) in [7, 11) is 2.82. The fourth-order valence-corrected chi connectivity index (χ4v) is 14.2. The van der Waals surface area contributed by atoms with Crippen LogP contribution in [0.25, 0.3) is 0 Å². The topological polar surface area (TPSA) is 520 Å². The van der Waals surface area contributed by atoms with Crippen LogP contribution in [0.15, 0.2) is 103 Å². The molecule has 6 aliphatic rings. The molecule has 117 heavy (non-hydrogen) atoms. The second-order valence-electron chi connectivity index (χ2n) is 28.8. The third-order valence-electron chi connectivity index (χ3n) is 20.3. The molecule has 0 aliphatic carbocycles. The van der Waals surface area contributed by atoms with Crippen molar-refractivity contribution in [3.05, 3.63) is 153 Å². The van der Waals surface area contributed by atoms with E-state index in [1.165, 1.54) is 84.7 Å². The Labute approximate surface area is 671 Å². The van der Waals surface area contributed by atoms with E-state index in [0.29, 0.717) is 59.5 Å². The van der Waals surface area contributed by atoms with Crippen molar-refractivity contribution in [1.29, 1.82) is 5.41 Å². The minimum atomic E-state index is -2.04. The summed E-state index contributed by atoms with van der Waals surface area (Å²) in [6.45, 7) is 9.15. The van der Waals surface area contributed by atoms with Crippen molar-refractivity contribution in [3.63, 3.8) is 0 Å². The van der Waals surface area contributed by atoms with E-state index in [2.05, 4.69) is 18.0 Å². The molecule has 37 nitrogen and oxygen atoms in total. The van der Waals surface area contributed by atoms with Gasteiger partial charge in [-0.15, -0.1) is 0 Å². The van der Waals surface area contributed by atoms with Gasteiger partial charge in [-0.05, 0) is 121 Å². The van der Waals surface area contributed by atoms with E-state index < -0.39 is 135 Å². The van der Waals surface area contributed by atoms with Crippen LogP contribution in [0.5, 0.6) is 34.5 Å². The summed E-state index contributed by atoms with van der Waals surface area (Å²) in [5, 5.41) is 105. The number of anilines is 2. The molecule has 0 spiro atoms. The third-order valence-corrected chi connectivity index (χ3v) is 20.3. The molecule has 5 aromatic carbocycles. The number of aliphatic hydroxyl groups excluding tert-OH is 8. The normalized spacial score (nSPS) is 23.5. The monoisotopic (exact) mass is 1640 g/mol. The first-order valence-corrected chi connectivity index (χ1v) is 37.7. The minimum absolute atomic E-state index is 0.00138. The van der Waals surface area contributed by atoms with Crippen molar-refractivity contribution in [3.8, 4) is 34.5 Å². The molecule has 13 atom stereocenters. The van der Waals surface area contributed by atoms with E-state index in [-0.39, 0.29) is 184 Å². The summed E-state index contributed by atoms with van der Waals surface area (Å²) < 4.78 is 76.1. The number of Topliss-reactive ketones (excluding diaryl/α,β-unsaturated/α-hetero) is 2. The number of carboxylic acid groups (broad SMARTS) is 1. The zero-order valence-electron chi connectivity index (χ0n) is 64.5. The number of aliphatic carboxylic acids is 1. The Balaban J connectivity index is 0.861. The Morgan fingerprint density at radius 3 is 1.61 bits per heavy atom. The predicted octanol–water partition coefficient (Wildman–Crippen LogP) is 3.33. The lowest BCUT2D eigenvalue weighted by molar-refractivity contribution is -0.271. The summed E-state index contributed by atoms with van der Waals surface area (Å²) in [4.78, 5) is 108. The number of nitrogens with zero attached hydrogens (tertiary/aromatic N) is 4. The van der Waals surface area contributed by atoms with Gasteiger partial charge in [-0.3, -0.25) is 24.6 Å². The predicted molar refractivity (Wildman–Crippen MR) is 407 cm³/mol. The van der Waals surface area contributed by atoms with Gasteiger partial charge in [0.15, 0.2) is 41.6 Å². The molecule has 0 aromatic heterocycles. The average Bonchev–Trinajstić information content (AvgIpc) is 1.53. The highest BCUT2D eigenvalue weighted by molar-refractivity contribution is 6.07. The molecule has 4 amide bonds. The summed E-state index contributed by atoms with van der Waals surface area (Å²) in [5.41, 5.74) is 7.94. The van der Waals surface area contributed by atoms with E-state index in [1.54, 1.807) is 25.1 Å². The first-order valence-electron chi connectivity index (χ1n) is 37.7. The quantitative estimate of drug-likeness (QED) is 0.00677. The number of benzene rings is 5. The van der Waals surface area contributed by atoms with Crippen LogP contribution in [0.2, 0.25) is 0 Å². The van der Waals surface area contributed by atoms with Crippen molar-refractivity contribution in [2.24, 2.45) is 11.6 Å². The number of ether oxygens (including phenoxy) is 13. The summed E-state index contributed by atoms with van der Waals surface area (Å²) in [6.07, 6.45) is -20.6. The zero-order chi connectivity index (χ0) is 84.1. The Bertz CT molecular complexity index is 4490. The standard InChI is InChI=1S/C80H97N7O30/c1-41-23-55-74(98)86(79(102)112-37-45-13-15-61(52(30-45)58(89)10-7-18-114-83)116-78-70(95)67(92)68(93)71(117-78)76(100)101)53-32-62(43(3)25-49(53)72(96)84(55)34-41)109-38-46-26-47(28-48(27-46)108-22-21-107-20-19-106-17-8-11-65(81)82)39-110-64-33-54-50(31-63(64)105-5)73(97)85-35-42(2)24-56(85)75(99)87(54)80(103)113-36-44-12-14-60(51(29-44)57(88)9-6-16-104-4)115-77-69(94)66(91)59(90)40-111-77/h12-15,25-33,55-56,59,66-71,74-75,77-78,90-95,98-99H,1-2,6-11,16-24,34-40,83H2,3-5H3,(H3,81,82)(H,100,101)/t55-,56-,59+,66-,67-,68-,69+,70+,71-,74?,75?,77-,78?/m0/s1. The second kappa shape index (κ2) is 39.7. The highest BCUT2D eigenvalue weighted by atomic mass is 16.7. The van der Waals surface area contributed by atoms with Crippen molar-refractivity contribution in [2.75, 3.05) is 90.0 Å². The number of hydrogen-bond acceptors (Lipinski definition) is 31. The number of fused-ring (bicyclic) bond motifs is 4. The van der Waals surface area contributed by atoms with Gasteiger partial charge in [-0.2, -0.15) is 0 Å². The van der Waals surface area contributed by atoms with Crippen LogP contribution in [0, 0.1) is 12.3 Å². The zero-order valence-corrected chi connectivity index (χ0v) is 64.5. The number of amides is 4. The van der Waals surface area contributed by atoms with Crippen LogP contribution in [0.4, 0.5) is 21.0 Å². The number of ketones is 2. The number of amidine groups is 1. The summed E-state index contributed by atoms with van der Waals surface area (Å²) in [6, 6.07) is 16.9. The third kappa shape index (κ3) is 20.7. The van der Waals surface area contributed by atoms with Crippen molar-refractivity contribution in [2.45, 2.75) is 165 Å². The smallest absolute Gasteiger partial charge is 0.416 e. The van der Waals surface area contributed by atoms with Gasteiger partial charge in [0, 0.05) is 64.8 Å². The van der Waals surface area contributed by atoms with Crippen LogP contribution in [-0.4, -0.2) is 263 Å². The maximum atomic E-state index is 14.8. The molecule has 6 heterocycles. The van der Waals surface area contributed by atoms with Gasteiger partial charge in [0.05, 0.1) is 91.7 Å². The first kappa shape index (κ1) is 87.4. The number of methoxy groups -OCH3 is 2. The largest absolute Gasteiger partial charge is 0.493 e. The van der Waals surface area contributed by atoms with E-state index in [0.717, 1.165) is 9.80 Å². The molecule has 0 saturated carbocycles. The average molecular weight is 1640 g/mol. The number of rotatable bonds is 37. The number of carboxylic acids is 1. The molecule has 11 rings (SSSR count). The maximum Gasteiger partial charge on any atom is 0.416 e. The van der Waals surface area contributed by atoms with E-state index in [1.807, 2.05) is 0 Å². The van der Waals surface area contributed by atoms with Gasteiger partial charge in [-0.25, -0.2) is 30.1 Å². The Kier molecular flexibility index (Phi) is 29.6. The molecule has 632 valence electrons. The Morgan fingerprint density at radius 1 is 0.547 bits per heavy atom. The van der Waals surface area contributed by atoms with Crippen molar-refractivity contribution in [1.82, 2.24) is 9.80 Å². The molecule has 0 radical (unpaired) electrons. The molecule has 5 aromatic rings. The number of carbonyl (C=O) groups is 7. The van der Waals surface area contributed by atoms with Crippen LogP contribution < -0.4 is 49.9 Å². The van der Waals surface area contributed by atoms with Crippen molar-refractivity contribution < 1.29 is 146 Å². The molecule has 4 saturated heterocycles. The minimum Gasteiger partial charge on any atom is -0.493 e. The molecule has 0 bridgehead atoms. The number of carbonyl (C=O) groups excluding carboxylic acids is 6. The van der Waals surface area contributed by atoms with Gasteiger partial charge in [0.1, 0.15) is 92.7 Å². The molecule has 3 unspecified atom stereocenters. The fraction of sp³-hybridized carbons (Fsp3) is 0.475. The number of aliphatic hydroxyl groups is 8. The lowest BCUT2D eigenvalue weighted by Crippen LogP contribution is -2.61. The van der Waals surface area contributed by atoms with Crippen molar-refractivity contribution >= 4 is 58.7 Å². The Morgan fingerprint density at radius 2 is 1.06 bits per heavy atom. The molecule has 6 aliphatic heterocycles. The highest BCUT2D eigenvalue weighted by Gasteiger charge is 2.51. The second-order valence-corrected chi connectivity index (χ2v) is 28.8. The Hall–Kier alpha value is -10.5. The first-order chi connectivity index (χ1) is 56.1. The van der Waals surface area contributed by atoms with Gasteiger partial charge in [-0.1, -0.05) is 36.4 Å². The van der Waals surface area contributed by atoms with E-state index in [9.17, 15) is 79.5 Å². The molecular formula is C80H97N7O30. The highest BCUT2D eigenvalue weighted by Crippen LogP contribution is 2.45. The van der Waals surface area contributed by atoms with Crippen LogP contribution in [0.1, 0.15) is 121 Å². The number of nitrogens with two attached hydrogens (primary N) is 2. The van der Waals surface area contributed by atoms with E-state index >= 15 is 0 Å². The lowest BCUT2D eigenvalue weighted by Gasteiger charge is -2.38. The van der Waals surface area contributed by atoms with Gasteiger partial charge in [0.2, 0.25) is 12.6 Å².